The SMILES string of the molecule is C=C(O)COc1ccc(OC(COCC)c2cccc(-c3ccc(OC)cc3)n2)cc1C. The Balaban J connectivity index is 1.82. The van der Waals surface area contributed by atoms with E-state index in [1.807, 2.05) is 74.5 Å². The molecule has 0 amide bonds. The predicted molar refractivity (Wildman–Crippen MR) is 125 cm³/mol. The summed E-state index contributed by atoms with van der Waals surface area (Å²) in [6, 6.07) is 19.2. The summed E-state index contributed by atoms with van der Waals surface area (Å²) in [6.07, 6.45) is -0.378. The number of benzene rings is 2. The van der Waals surface area contributed by atoms with Gasteiger partial charge < -0.3 is 24.1 Å². The van der Waals surface area contributed by atoms with Crippen molar-refractivity contribution < 1.29 is 24.1 Å². The molecular formula is C26H29NO5. The number of rotatable bonds is 11. The molecule has 6 nitrogen and oxygen atoms in total. The molecule has 1 N–H and O–H groups in total. The topological polar surface area (TPSA) is 70.0 Å². The molecule has 0 saturated heterocycles. The van der Waals surface area contributed by atoms with Gasteiger partial charge in [0, 0.05) is 12.2 Å². The average molecular weight is 436 g/mol. The highest BCUT2D eigenvalue weighted by atomic mass is 16.5. The van der Waals surface area contributed by atoms with Gasteiger partial charge >= 0.3 is 0 Å². The predicted octanol–water partition coefficient (Wildman–Crippen LogP) is 5.67. The smallest absolute Gasteiger partial charge is 0.164 e. The van der Waals surface area contributed by atoms with Gasteiger partial charge in [-0.15, -0.1) is 0 Å². The molecule has 6 heteroatoms. The normalized spacial score (nSPS) is 11.6. The van der Waals surface area contributed by atoms with E-state index in [0.29, 0.717) is 24.7 Å². The Morgan fingerprint density at radius 1 is 1.06 bits per heavy atom. The molecule has 3 aromatic rings. The minimum atomic E-state index is -0.378. The first-order valence-electron chi connectivity index (χ1n) is 10.5. The van der Waals surface area contributed by atoms with Gasteiger partial charge in [0.2, 0.25) is 0 Å². The fraction of sp³-hybridized carbons (Fsp3) is 0.269. The van der Waals surface area contributed by atoms with Crippen LogP contribution in [0.5, 0.6) is 17.2 Å². The molecule has 0 aliphatic carbocycles. The van der Waals surface area contributed by atoms with Crippen LogP contribution in [0.25, 0.3) is 11.3 Å². The second-order valence-corrected chi connectivity index (χ2v) is 7.22. The van der Waals surface area contributed by atoms with Crippen LogP contribution in [0, 0.1) is 6.92 Å². The summed E-state index contributed by atoms with van der Waals surface area (Å²) in [5, 5.41) is 9.25. The largest absolute Gasteiger partial charge is 0.509 e. The number of hydrogen-bond donors (Lipinski definition) is 1. The molecule has 0 aliphatic rings. The van der Waals surface area contributed by atoms with Crippen LogP contribution in [0.3, 0.4) is 0 Å². The van der Waals surface area contributed by atoms with Crippen molar-refractivity contribution >= 4 is 0 Å². The van der Waals surface area contributed by atoms with Crippen LogP contribution >= 0.6 is 0 Å². The summed E-state index contributed by atoms with van der Waals surface area (Å²) < 4.78 is 22.7. The Hall–Kier alpha value is -3.51. The molecule has 1 unspecified atom stereocenters. The van der Waals surface area contributed by atoms with Crippen LogP contribution in [-0.2, 0) is 4.74 Å². The highest BCUT2D eigenvalue weighted by Crippen LogP contribution is 2.29. The van der Waals surface area contributed by atoms with Crippen molar-refractivity contribution in [1.82, 2.24) is 4.98 Å². The quantitative estimate of drug-likeness (QED) is 0.391. The number of pyridine rings is 1. The standard InChI is InChI=1S/C26H29NO5/c1-5-30-17-26(32-22-13-14-25(18(2)15-22)31-16-19(3)28)24-8-6-7-23(27-24)20-9-11-21(29-4)12-10-20/h6-15,26,28H,3,5,16-17H2,1-2,4H3. The van der Waals surface area contributed by atoms with Crippen LogP contribution in [0.1, 0.15) is 24.3 Å². The molecule has 0 radical (unpaired) electrons. The van der Waals surface area contributed by atoms with Crippen LogP contribution in [0.2, 0.25) is 0 Å². The first-order chi connectivity index (χ1) is 15.5. The van der Waals surface area contributed by atoms with Crippen molar-refractivity contribution in [2.24, 2.45) is 0 Å². The molecule has 0 fully saturated rings. The molecule has 1 aromatic heterocycles. The summed E-state index contributed by atoms with van der Waals surface area (Å²) in [7, 11) is 1.65. The summed E-state index contributed by atoms with van der Waals surface area (Å²) in [6.45, 7) is 8.30. The Morgan fingerprint density at radius 3 is 2.47 bits per heavy atom. The van der Waals surface area contributed by atoms with E-state index in [1.54, 1.807) is 7.11 Å². The summed E-state index contributed by atoms with van der Waals surface area (Å²) in [5.41, 5.74) is 3.50. The van der Waals surface area contributed by atoms with Gasteiger partial charge in [-0.3, -0.25) is 0 Å². The third-order valence-corrected chi connectivity index (χ3v) is 4.78. The maximum atomic E-state index is 9.25. The van der Waals surface area contributed by atoms with Gasteiger partial charge in [-0.05, 0) is 74.0 Å². The number of aliphatic hydroxyl groups excluding tert-OH is 1. The fourth-order valence-electron chi connectivity index (χ4n) is 3.14. The molecule has 168 valence electrons. The Labute approximate surface area is 189 Å². The molecule has 2 aromatic carbocycles. The number of methoxy groups -OCH3 is 1. The van der Waals surface area contributed by atoms with Crippen molar-refractivity contribution in [3.8, 4) is 28.5 Å². The Morgan fingerprint density at radius 2 is 1.81 bits per heavy atom. The van der Waals surface area contributed by atoms with Gasteiger partial charge in [-0.25, -0.2) is 4.98 Å². The molecule has 1 heterocycles. The van der Waals surface area contributed by atoms with Crippen molar-refractivity contribution in [2.45, 2.75) is 20.0 Å². The number of hydrogen-bond acceptors (Lipinski definition) is 6. The van der Waals surface area contributed by atoms with Crippen molar-refractivity contribution in [1.29, 1.82) is 0 Å². The lowest BCUT2D eigenvalue weighted by Crippen LogP contribution is -2.16. The van der Waals surface area contributed by atoms with E-state index in [0.717, 1.165) is 28.3 Å². The Bertz CT molecular complexity index is 1030. The zero-order valence-corrected chi connectivity index (χ0v) is 18.7. The first-order valence-corrected chi connectivity index (χ1v) is 10.5. The van der Waals surface area contributed by atoms with Crippen LogP contribution in [-0.4, -0.2) is 37.0 Å². The van der Waals surface area contributed by atoms with E-state index in [9.17, 15) is 5.11 Å². The molecule has 0 saturated carbocycles. The second-order valence-electron chi connectivity index (χ2n) is 7.22. The number of aromatic nitrogens is 1. The van der Waals surface area contributed by atoms with Gasteiger partial charge in [0.15, 0.2) is 6.10 Å². The number of aryl methyl sites for hydroxylation is 1. The lowest BCUT2D eigenvalue weighted by atomic mass is 10.1. The maximum absolute atomic E-state index is 9.25. The average Bonchev–Trinajstić information content (AvgIpc) is 2.81. The molecule has 0 aliphatic heterocycles. The van der Waals surface area contributed by atoms with Crippen LogP contribution in [0.4, 0.5) is 0 Å². The summed E-state index contributed by atoms with van der Waals surface area (Å²) >= 11 is 0. The van der Waals surface area contributed by atoms with Crippen molar-refractivity contribution in [2.75, 3.05) is 26.9 Å². The lowest BCUT2D eigenvalue weighted by molar-refractivity contribution is 0.0540. The van der Waals surface area contributed by atoms with Crippen molar-refractivity contribution in [3.63, 3.8) is 0 Å². The third-order valence-electron chi connectivity index (χ3n) is 4.78. The van der Waals surface area contributed by atoms with Gasteiger partial charge in [0.05, 0.1) is 25.1 Å². The number of ether oxygens (including phenoxy) is 4. The van der Waals surface area contributed by atoms with E-state index in [-0.39, 0.29) is 18.5 Å². The highest BCUT2D eigenvalue weighted by Gasteiger charge is 2.17. The zero-order chi connectivity index (χ0) is 22.9. The fourth-order valence-corrected chi connectivity index (χ4v) is 3.14. The van der Waals surface area contributed by atoms with E-state index in [1.165, 1.54) is 0 Å². The molecule has 0 spiro atoms. The van der Waals surface area contributed by atoms with Gasteiger partial charge in [-0.1, -0.05) is 12.6 Å². The molecule has 1 atom stereocenters. The van der Waals surface area contributed by atoms with E-state index in [4.69, 9.17) is 23.9 Å². The van der Waals surface area contributed by atoms with E-state index < -0.39 is 0 Å². The third kappa shape index (κ3) is 6.25. The van der Waals surface area contributed by atoms with Crippen LogP contribution in [0.15, 0.2) is 73.0 Å². The van der Waals surface area contributed by atoms with Gasteiger partial charge in [0.1, 0.15) is 29.6 Å². The molecule has 0 bridgehead atoms. The summed E-state index contributed by atoms with van der Waals surface area (Å²) in [5.74, 6) is 2.12. The van der Waals surface area contributed by atoms with Gasteiger partial charge in [0.25, 0.3) is 0 Å². The lowest BCUT2D eigenvalue weighted by Gasteiger charge is -2.20. The molecule has 32 heavy (non-hydrogen) atoms. The monoisotopic (exact) mass is 435 g/mol. The molecule has 3 rings (SSSR count). The molecular weight excluding hydrogens is 406 g/mol. The zero-order valence-electron chi connectivity index (χ0n) is 18.7. The second kappa shape index (κ2) is 11.2. The van der Waals surface area contributed by atoms with Crippen LogP contribution < -0.4 is 14.2 Å². The first kappa shape index (κ1) is 23.2. The minimum absolute atomic E-state index is 0.0238. The summed E-state index contributed by atoms with van der Waals surface area (Å²) in [4.78, 5) is 4.83. The van der Waals surface area contributed by atoms with Gasteiger partial charge in [-0.2, -0.15) is 0 Å². The number of aliphatic hydroxyl groups is 1. The van der Waals surface area contributed by atoms with E-state index >= 15 is 0 Å². The van der Waals surface area contributed by atoms with E-state index in [2.05, 4.69) is 6.58 Å². The maximum Gasteiger partial charge on any atom is 0.164 e. The number of nitrogens with zero attached hydrogens (tertiary/aromatic N) is 1. The Kier molecular flexibility index (Phi) is 8.11. The highest BCUT2D eigenvalue weighted by molar-refractivity contribution is 5.60. The van der Waals surface area contributed by atoms with Crippen molar-refractivity contribution in [3.05, 3.63) is 84.3 Å². The minimum Gasteiger partial charge on any atom is -0.509 e.